The molecule has 1 N–H and O–H groups in total. The minimum absolute atomic E-state index is 0.0923. The summed E-state index contributed by atoms with van der Waals surface area (Å²) < 4.78 is 0. The van der Waals surface area contributed by atoms with E-state index in [0.717, 1.165) is 18.5 Å². The molecule has 0 radical (unpaired) electrons. The van der Waals surface area contributed by atoms with Crippen molar-refractivity contribution in [1.82, 2.24) is 10.2 Å². The highest BCUT2D eigenvalue weighted by molar-refractivity contribution is 5.83. The number of rotatable bonds is 7. The van der Waals surface area contributed by atoms with Crippen LogP contribution in [0, 0.1) is 5.92 Å². The van der Waals surface area contributed by atoms with Crippen LogP contribution >= 0.6 is 0 Å². The van der Waals surface area contributed by atoms with E-state index in [1.165, 1.54) is 5.56 Å². The Morgan fingerprint density at radius 2 is 1.75 bits per heavy atom. The van der Waals surface area contributed by atoms with Gasteiger partial charge in [-0.25, -0.2) is 0 Å². The first-order chi connectivity index (χ1) is 9.40. The van der Waals surface area contributed by atoms with Gasteiger partial charge in [-0.05, 0) is 44.5 Å². The summed E-state index contributed by atoms with van der Waals surface area (Å²) >= 11 is 0. The molecule has 0 saturated carbocycles. The molecule has 3 nitrogen and oxygen atoms in total. The third kappa shape index (κ3) is 5.74. The van der Waals surface area contributed by atoms with Gasteiger partial charge in [-0.2, -0.15) is 0 Å². The van der Waals surface area contributed by atoms with Gasteiger partial charge in [0, 0.05) is 13.1 Å². The molecule has 112 valence electrons. The quantitative estimate of drug-likeness (QED) is 0.830. The van der Waals surface area contributed by atoms with E-state index in [2.05, 4.69) is 48.3 Å². The number of amides is 1. The number of carbonyl (C=O) groups excluding carboxylic acids is 1. The van der Waals surface area contributed by atoms with Crippen molar-refractivity contribution in [1.29, 1.82) is 0 Å². The molecule has 0 aliphatic heterocycles. The fraction of sp³-hybridized carbons (Fsp3) is 0.588. The lowest BCUT2D eigenvalue weighted by Gasteiger charge is -2.15. The van der Waals surface area contributed by atoms with Gasteiger partial charge in [0.05, 0.1) is 5.92 Å². The molecule has 1 aromatic carbocycles. The Balaban J connectivity index is 2.53. The van der Waals surface area contributed by atoms with Gasteiger partial charge in [-0.15, -0.1) is 0 Å². The normalized spacial score (nSPS) is 12.8. The van der Waals surface area contributed by atoms with E-state index >= 15 is 0 Å². The second-order valence-corrected chi connectivity index (χ2v) is 6.16. The maximum Gasteiger partial charge on any atom is 0.227 e. The Morgan fingerprint density at radius 3 is 2.25 bits per heavy atom. The molecule has 1 aromatic rings. The van der Waals surface area contributed by atoms with Gasteiger partial charge in [0.1, 0.15) is 0 Å². The van der Waals surface area contributed by atoms with Crippen LogP contribution in [-0.2, 0) is 11.2 Å². The Hall–Kier alpha value is -1.35. The third-order valence-electron chi connectivity index (χ3n) is 3.38. The lowest BCUT2D eigenvalue weighted by atomic mass is 9.96. The molecule has 1 rings (SSSR count). The van der Waals surface area contributed by atoms with Crippen molar-refractivity contribution < 1.29 is 4.79 Å². The highest BCUT2D eigenvalue weighted by atomic mass is 16.1. The van der Waals surface area contributed by atoms with Gasteiger partial charge in [-0.3, -0.25) is 4.79 Å². The number of hydrogen-bond donors (Lipinski definition) is 1. The van der Waals surface area contributed by atoms with Gasteiger partial charge in [0.2, 0.25) is 5.91 Å². The third-order valence-corrected chi connectivity index (χ3v) is 3.38. The van der Waals surface area contributed by atoms with Crippen molar-refractivity contribution in [3.63, 3.8) is 0 Å². The molecule has 0 bridgehead atoms. The molecular weight excluding hydrogens is 248 g/mol. The molecule has 0 aromatic heterocycles. The van der Waals surface area contributed by atoms with Crippen LogP contribution < -0.4 is 5.32 Å². The lowest BCUT2D eigenvalue weighted by Crippen LogP contribution is -2.33. The summed E-state index contributed by atoms with van der Waals surface area (Å²) in [5, 5.41) is 2.98. The van der Waals surface area contributed by atoms with Gasteiger partial charge in [0.15, 0.2) is 0 Å². The van der Waals surface area contributed by atoms with E-state index in [4.69, 9.17) is 0 Å². The lowest BCUT2D eigenvalue weighted by molar-refractivity contribution is -0.122. The second kappa shape index (κ2) is 8.05. The molecule has 0 saturated heterocycles. The zero-order chi connectivity index (χ0) is 15.1. The van der Waals surface area contributed by atoms with Crippen molar-refractivity contribution in [2.75, 3.05) is 27.2 Å². The Morgan fingerprint density at radius 1 is 1.15 bits per heavy atom. The Labute approximate surface area is 123 Å². The van der Waals surface area contributed by atoms with Gasteiger partial charge < -0.3 is 10.2 Å². The summed E-state index contributed by atoms with van der Waals surface area (Å²) in [6.07, 6.45) is 1.09. The van der Waals surface area contributed by atoms with Crippen LogP contribution in [0.15, 0.2) is 24.3 Å². The van der Waals surface area contributed by atoms with Crippen LogP contribution in [0.3, 0.4) is 0 Å². The first-order valence-electron chi connectivity index (χ1n) is 7.41. The van der Waals surface area contributed by atoms with Crippen LogP contribution in [-0.4, -0.2) is 38.0 Å². The molecule has 0 aliphatic rings. The first-order valence-corrected chi connectivity index (χ1v) is 7.41. The zero-order valence-electron chi connectivity index (χ0n) is 13.4. The largest absolute Gasteiger partial charge is 0.354 e. The molecule has 0 aliphatic carbocycles. The van der Waals surface area contributed by atoms with Crippen molar-refractivity contribution in [2.45, 2.75) is 33.1 Å². The summed E-state index contributed by atoms with van der Waals surface area (Å²) in [6.45, 7) is 7.96. The second-order valence-electron chi connectivity index (χ2n) is 6.16. The minimum atomic E-state index is -0.0923. The van der Waals surface area contributed by atoms with E-state index in [1.807, 2.05) is 21.0 Å². The standard InChI is InChI=1S/C17H28N2O/c1-13(2)12-15-6-8-16(9-7-15)14(3)17(20)18-10-11-19(4)5/h6-9,13-14H,10-12H2,1-5H3,(H,18,20). The predicted octanol–water partition coefficient (Wildman–Crippen LogP) is 2.67. The average molecular weight is 276 g/mol. The molecule has 1 amide bonds. The summed E-state index contributed by atoms with van der Waals surface area (Å²) in [4.78, 5) is 14.1. The molecule has 1 unspecified atom stereocenters. The fourth-order valence-corrected chi connectivity index (χ4v) is 2.12. The summed E-state index contributed by atoms with van der Waals surface area (Å²) in [6, 6.07) is 8.43. The molecule has 3 heteroatoms. The van der Waals surface area contributed by atoms with Crippen LogP contribution in [0.25, 0.3) is 0 Å². The van der Waals surface area contributed by atoms with Crippen molar-refractivity contribution in [3.8, 4) is 0 Å². The summed E-state index contributed by atoms with van der Waals surface area (Å²) in [5.74, 6) is 0.668. The van der Waals surface area contributed by atoms with Gasteiger partial charge in [0.25, 0.3) is 0 Å². The predicted molar refractivity (Wildman–Crippen MR) is 85.0 cm³/mol. The maximum absolute atomic E-state index is 12.1. The van der Waals surface area contributed by atoms with Crippen molar-refractivity contribution in [2.24, 2.45) is 5.92 Å². The highest BCUT2D eigenvalue weighted by Gasteiger charge is 2.14. The van der Waals surface area contributed by atoms with Crippen LogP contribution in [0.4, 0.5) is 0 Å². The Bertz CT molecular complexity index is 410. The molecular formula is C17H28N2O. The van der Waals surface area contributed by atoms with E-state index in [1.54, 1.807) is 0 Å². The highest BCUT2D eigenvalue weighted by Crippen LogP contribution is 2.17. The van der Waals surface area contributed by atoms with Crippen LogP contribution in [0.2, 0.25) is 0 Å². The van der Waals surface area contributed by atoms with E-state index in [-0.39, 0.29) is 11.8 Å². The topological polar surface area (TPSA) is 32.3 Å². The zero-order valence-corrected chi connectivity index (χ0v) is 13.4. The number of nitrogens with one attached hydrogen (secondary N) is 1. The molecule has 1 atom stereocenters. The average Bonchev–Trinajstić information content (AvgIpc) is 2.37. The van der Waals surface area contributed by atoms with Gasteiger partial charge in [-0.1, -0.05) is 38.1 Å². The minimum Gasteiger partial charge on any atom is -0.354 e. The van der Waals surface area contributed by atoms with Crippen molar-refractivity contribution >= 4 is 5.91 Å². The molecule has 0 heterocycles. The number of likely N-dealkylation sites (N-methyl/N-ethyl adjacent to an activating group) is 1. The number of carbonyl (C=O) groups is 1. The molecule has 20 heavy (non-hydrogen) atoms. The number of benzene rings is 1. The van der Waals surface area contributed by atoms with Crippen LogP contribution in [0.1, 0.15) is 37.8 Å². The SMILES string of the molecule is CC(C)Cc1ccc(C(C)C(=O)NCCN(C)C)cc1. The van der Waals surface area contributed by atoms with E-state index in [9.17, 15) is 4.79 Å². The summed E-state index contributed by atoms with van der Waals surface area (Å²) in [7, 11) is 4.01. The fourth-order valence-electron chi connectivity index (χ4n) is 2.12. The van der Waals surface area contributed by atoms with E-state index in [0.29, 0.717) is 12.5 Å². The van der Waals surface area contributed by atoms with Crippen LogP contribution in [0.5, 0.6) is 0 Å². The maximum atomic E-state index is 12.1. The molecule has 0 spiro atoms. The first kappa shape index (κ1) is 16.7. The number of hydrogen-bond acceptors (Lipinski definition) is 2. The summed E-state index contributed by atoms with van der Waals surface area (Å²) in [5.41, 5.74) is 2.42. The smallest absolute Gasteiger partial charge is 0.227 e. The van der Waals surface area contributed by atoms with Gasteiger partial charge >= 0.3 is 0 Å². The van der Waals surface area contributed by atoms with Crippen molar-refractivity contribution in [3.05, 3.63) is 35.4 Å². The monoisotopic (exact) mass is 276 g/mol. The molecule has 0 fully saturated rings. The van der Waals surface area contributed by atoms with E-state index < -0.39 is 0 Å². The number of nitrogens with zero attached hydrogens (tertiary/aromatic N) is 1. The Kier molecular flexibility index (Phi) is 6.73.